The zero-order chi connectivity index (χ0) is 17.1. The average Bonchev–Trinajstić information content (AvgIpc) is 2.89. The number of thiazole rings is 1. The molecule has 0 fully saturated rings. The summed E-state index contributed by atoms with van der Waals surface area (Å²) in [6, 6.07) is 0. The van der Waals surface area contributed by atoms with E-state index in [9.17, 15) is 5.11 Å². The van der Waals surface area contributed by atoms with Gasteiger partial charge in [-0.3, -0.25) is 4.99 Å². The van der Waals surface area contributed by atoms with Gasteiger partial charge in [0.15, 0.2) is 5.96 Å². The quantitative estimate of drug-likeness (QED) is 0.452. The maximum atomic E-state index is 9.20. The molecule has 23 heavy (non-hydrogen) atoms. The molecule has 0 bridgehead atoms. The van der Waals surface area contributed by atoms with E-state index in [1.54, 1.807) is 11.3 Å². The number of guanidine groups is 1. The highest BCUT2D eigenvalue weighted by atomic mass is 32.1. The van der Waals surface area contributed by atoms with Crippen molar-refractivity contribution in [2.45, 2.75) is 47.0 Å². The fourth-order valence-corrected chi connectivity index (χ4v) is 3.17. The van der Waals surface area contributed by atoms with Crippen molar-refractivity contribution in [1.29, 1.82) is 0 Å². The Kier molecular flexibility index (Phi) is 9.87. The average molecular weight is 341 g/mol. The molecule has 3 N–H and O–H groups in total. The van der Waals surface area contributed by atoms with Crippen molar-refractivity contribution in [3.8, 4) is 0 Å². The molecule has 1 atom stereocenters. The largest absolute Gasteiger partial charge is 0.396 e. The number of aryl methyl sites for hydroxylation is 1. The van der Waals surface area contributed by atoms with Crippen LogP contribution in [0.25, 0.3) is 0 Å². The van der Waals surface area contributed by atoms with Gasteiger partial charge in [0.05, 0.1) is 10.7 Å². The van der Waals surface area contributed by atoms with Crippen LogP contribution in [0.1, 0.15) is 44.3 Å². The van der Waals surface area contributed by atoms with E-state index in [0.29, 0.717) is 11.8 Å². The number of aromatic nitrogens is 1. The molecule has 0 saturated heterocycles. The van der Waals surface area contributed by atoms with Crippen LogP contribution in [0.3, 0.4) is 0 Å². The van der Waals surface area contributed by atoms with Crippen LogP contribution in [0.2, 0.25) is 0 Å². The predicted octanol–water partition coefficient (Wildman–Crippen LogP) is 2.59. The summed E-state index contributed by atoms with van der Waals surface area (Å²) in [5, 5.41) is 19.1. The van der Waals surface area contributed by atoms with Gasteiger partial charge in [-0.25, -0.2) is 4.98 Å². The lowest BCUT2D eigenvalue weighted by molar-refractivity contribution is 0.245. The number of nitrogens with zero attached hydrogens (tertiary/aromatic N) is 2. The smallest absolute Gasteiger partial charge is 0.191 e. The van der Waals surface area contributed by atoms with E-state index in [0.717, 1.165) is 55.6 Å². The maximum absolute atomic E-state index is 9.20. The van der Waals surface area contributed by atoms with Crippen LogP contribution >= 0.6 is 11.3 Å². The minimum Gasteiger partial charge on any atom is -0.396 e. The van der Waals surface area contributed by atoms with Gasteiger partial charge in [-0.05, 0) is 38.5 Å². The van der Waals surface area contributed by atoms with Crippen LogP contribution in [0.4, 0.5) is 0 Å². The predicted molar refractivity (Wildman–Crippen MR) is 99.2 cm³/mol. The third-order valence-electron chi connectivity index (χ3n) is 3.53. The Morgan fingerprint density at radius 2 is 2.17 bits per heavy atom. The lowest BCUT2D eigenvalue weighted by Gasteiger charge is -2.17. The van der Waals surface area contributed by atoms with E-state index in [1.807, 2.05) is 6.92 Å². The molecule has 1 unspecified atom stereocenters. The van der Waals surface area contributed by atoms with Crippen molar-refractivity contribution in [2.24, 2.45) is 16.8 Å². The molecule has 0 aromatic carbocycles. The Bertz CT molecular complexity index is 459. The summed E-state index contributed by atoms with van der Waals surface area (Å²) >= 11 is 1.69. The Labute approximate surface area is 144 Å². The molecule has 6 heteroatoms. The second kappa shape index (κ2) is 11.4. The maximum Gasteiger partial charge on any atom is 0.191 e. The van der Waals surface area contributed by atoms with Crippen molar-refractivity contribution in [1.82, 2.24) is 15.6 Å². The molecule has 1 heterocycles. The van der Waals surface area contributed by atoms with Gasteiger partial charge in [0.2, 0.25) is 0 Å². The highest BCUT2D eigenvalue weighted by Gasteiger charge is 2.10. The summed E-state index contributed by atoms with van der Waals surface area (Å²) in [6.07, 6.45) is 2.82. The molecule has 0 spiro atoms. The normalized spacial score (nSPS) is 13.4. The first-order valence-electron chi connectivity index (χ1n) is 8.59. The first-order valence-corrected chi connectivity index (χ1v) is 9.47. The minimum atomic E-state index is 0.236. The molecule has 1 rings (SSSR count). The number of nitrogens with one attached hydrogen (secondary N) is 2. The fourth-order valence-electron chi connectivity index (χ4n) is 2.53. The summed E-state index contributed by atoms with van der Waals surface area (Å²) in [5.41, 5.74) is 1.13. The van der Waals surface area contributed by atoms with Gasteiger partial charge in [-0.1, -0.05) is 13.8 Å². The first kappa shape index (κ1) is 19.9. The Morgan fingerprint density at radius 1 is 1.39 bits per heavy atom. The van der Waals surface area contributed by atoms with E-state index >= 15 is 0 Å². The molecule has 132 valence electrons. The Hall–Kier alpha value is -1.14. The Balaban J connectivity index is 2.47. The van der Waals surface area contributed by atoms with Crippen LogP contribution in [0, 0.1) is 18.8 Å². The topological polar surface area (TPSA) is 69.5 Å². The van der Waals surface area contributed by atoms with Gasteiger partial charge in [0.25, 0.3) is 0 Å². The van der Waals surface area contributed by atoms with Crippen molar-refractivity contribution < 1.29 is 5.11 Å². The van der Waals surface area contributed by atoms with Gasteiger partial charge < -0.3 is 15.7 Å². The van der Waals surface area contributed by atoms with E-state index in [4.69, 9.17) is 0 Å². The highest BCUT2D eigenvalue weighted by molar-refractivity contribution is 7.09. The van der Waals surface area contributed by atoms with Crippen LogP contribution in [-0.4, -0.2) is 42.3 Å². The lowest BCUT2D eigenvalue weighted by Crippen LogP contribution is -2.38. The summed E-state index contributed by atoms with van der Waals surface area (Å²) in [7, 11) is 0. The third-order valence-corrected chi connectivity index (χ3v) is 4.36. The molecule has 0 aliphatic rings. The highest BCUT2D eigenvalue weighted by Crippen LogP contribution is 2.15. The van der Waals surface area contributed by atoms with Gasteiger partial charge in [0.1, 0.15) is 0 Å². The molecule has 0 saturated carbocycles. The monoisotopic (exact) mass is 340 g/mol. The second-order valence-corrected chi connectivity index (χ2v) is 7.32. The summed E-state index contributed by atoms with van der Waals surface area (Å²) in [4.78, 5) is 9.16. The molecule has 0 aliphatic carbocycles. The molecule has 0 amide bonds. The number of aliphatic imine (C=N–C) groups is 1. The number of hydrogen-bond donors (Lipinski definition) is 3. The molecular formula is C17H32N4OS. The SMILES string of the molecule is CCNC(=NCC(CCO)CC(C)C)NCCc1csc(C)n1. The third kappa shape index (κ3) is 8.91. The van der Waals surface area contributed by atoms with Crippen molar-refractivity contribution in [3.63, 3.8) is 0 Å². The number of rotatable bonds is 10. The van der Waals surface area contributed by atoms with Crippen molar-refractivity contribution >= 4 is 17.3 Å². The second-order valence-electron chi connectivity index (χ2n) is 6.26. The van der Waals surface area contributed by atoms with E-state index in [-0.39, 0.29) is 6.61 Å². The molecule has 1 aromatic rings. The fraction of sp³-hybridized carbons (Fsp3) is 0.765. The first-order chi connectivity index (χ1) is 11.0. The van der Waals surface area contributed by atoms with Gasteiger partial charge >= 0.3 is 0 Å². The van der Waals surface area contributed by atoms with E-state index in [1.165, 1.54) is 0 Å². The molecule has 5 nitrogen and oxygen atoms in total. The van der Waals surface area contributed by atoms with Crippen LogP contribution < -0.4 is 10.6 Å². The van der Waals surface area contributed by atoms with Crippen LogP contribution in [0.15, 0.2) is 10.4 Å². The van der Waals surface area contributed by atoms with Crippen molar-refractivity contribution in [2.75, 3.05) is 26.2 Å². The molecule has 0 aliphatic heterocycles. The number of aliphatic hydroxyl groups excluding tert-OH is 1. The molecular weight excluding hydrogens is 308 g/mol. The minimum absolute atomic E-state index is 0.236. The molecule has 0 radical (unpaired) electrons. The van der Waals surface area contributed by atoms with E-state index < -0.39 is 0 Å². The van der Waals surface area contributed by atoms with E-state index in [2.05, 4.69) is 46.8 Å². The standard InChI is InChI=1S/C17H32N4OS/c1-5-18-17(19-8-6-16-12-23-14(4)21-16)20-11-15(7-9-22)10-13(2)3/h12-13,15,22H,5-11H2,1-4H3,(H2,18,19,20). The number of aliphatic hydroxyl groups is 1. The van der Waals surface area contributed by atoms with Gasteiger partial charge in [-0.15, -0.1) is 11.3 Å². The summed E-state index contributed by atoms with van der Waals surface area (Å²) in [5.74, 6) is 1.92. The Morgan fingerprint density at radius 3 is 2.74 bits per heavy atom. The van der Waals surface area contributed by atoms with Crippen LogP contribution in [-0.2, 0) is 6.42 Å². The zero-order valence-electron chi connectivity index (χ0n) is 14.9. The van der Waals surface area contributed by atoms with Crippen LogP contribution in [0.5, 0.6) is 0 Å². The molecule has 1 aromatic heterocycles. The summed E-state index contributed by atoms with van der Waals surface area (Å²) < 4.78 is 0. The van der Waals surface area contributed by atoms with Gasteiger partial charge in [0, 0.05) is 38.0 Å². The number of hydrogen-bond acceptors (Lipinski definition) is 4. The van der Waals surface area contributed by atoms with Crippen molar-refractivity contribution in [3.05, 3.63) is 16.1 Å². The lowest BCUT2D eigenvalue weighted by atomic mass is 9.94. The summed E-state index contributed by atoms with van der Waals surface area (Å²) in [6.45, 7) is 11.2. The zero-order valence-corrected chi connectivity index (χ0v) is 15.7. The van der Waals surface area contributed by atoms with Gasteiger partial charge in [-0.2, -0.15) is 0 Å².